The molecule has 14 nitrogen and oxygen atoms in total. The van der Waals surface area contributed by atoms with E-state index in [9.17, 15) is 40.5 Å². The second kappa shape index (κ2) is 7.42. The Bertz CT molecular complexity index is 1280. The first kappa shape index (κ1) is 20.4. The Hall–Kier alpha value is -4.88. The fraction of sp³-hybridized carbons (Fsp3) is 0.111. The highest BCUT2D eigenvalue weighted by Crippen LogP contribution is 2.51. The minimum Gasteiger partial charge on any atom is -0.355 e. The van der Waals surface area contributed by atoms with Crippen molar-refractivity contribution in [2.75, 3.05) is 10.2 Å². The number of nitro groups is 4. The van der Waals surface area contributed by atoms with Crippen LogP contribution in [0.2, 0.25) is 0 Å². The first-order chi connectivity index (χ1) is 15.2. The second-order valence-corrected chi connectivity index (χ2v) is 6.83. The van der Waals surface area contributed by atoms with Crippen LogP contribution in [-0.4, -0.2) is 19.7 Å². The number of nitrogens with one attached hydrogen (secondary N) is 1. The minimum absolute atomic E-state index is 0.0209. The van der Waals surface area contributed by atoms with Crippen molar-refractivity contribution in [3.63, 3.8) is 0 Å². The zero-order valence-corrected chi connectivity index (χ0v) is 16.0. The molecule has 32 heavy (non-hydrogen) atoms. The number of rotatable bonds is 5. The van der Waals surface area contributed by atoms with Gasteiger partial charge in [-0.1, -0.05) is 6.08 Å². The quantitative estimate of drug-likeness (QED) is 0.514. The topological polar surface area (TPSA) is 188 Å². The van der Waals surface area contributed by atoms with Crippen LogP contribution in [0.15, 0.2) is 53.9 Å². The smallest absolute Gasteiger partial charge is 0.302 e. The molecule has 1 aliphatic carbocycles. The minimum atomic E-state index is -0.825. The van der Waals surface area contributed by atoms with Gasteiger partial charge in [-0.05, 0) is 25.0 Å². The summed E-state index contributed by atoms with van der Waals surface area (Å²) in [4.78, 5) is 44.0. The van der Waals surface area contributed by atoms with E-state index in [0.717, 1.165) is 30.3 Å². The van der Waals surface area contributed by atoms with Gasteiger partial charge in [-0.2, -0.15) is 0 Å². The summed E-state index contributed by atoms with van der Waals surface area (Å²) in [5.74, 6) is 0. The van der Waals surface area contributed by atoms with Crippen LogP contribution in [0.1, 0.15) is 12.8 Å². The number of benzene rings is 2. The molecule has 1 heterocycles. The highest BCUT2D eigenvalue weighted by atomic mass is 16.6. The van der Waals surface area contributed by atoms with Crippen molar-refractivity contribution >= 4 is 39.8 Å². The number of non-ortho nitro benzene ring substituents is 2. The summed E-state index contributed by atoms with van der Waals surface area (Å²) in [6.45, 7) is 0. The van der Waals surface area contributed by atoms with E-state index in [4.69, 9.17) is 0 Å². The van der Waals surface area contributed by atoms with E-state index in [1.807, 2.05) is 0 Å². The van der Waals surface area contributed by atoms with Crippen molar-refractivity contribution in [2.24, 2.45) is 0 Å². The molecule has 0 aromatic heterocycles. The molecule has 2 aromatic rings. The van der Waals surface area contributed by atoms with Crippen LogP contribution < -0.4 is 10.2 Å². The lowest BCUT2D eigenvalue weighted by atomic mass is 10.00. The third-order valence-electron chi connectivity index (χ3n) is 4.99. The Morgan fingerprint density at radius 2 is 1.47 bits per heavy atom. The number of fused-ring (bicyclic) bond motifs is 1. The fourth-order valence-electron chi connectivity index (χ4n) is 3.66. The Labute approximate surface area is 177 Å². The molecule has 2 aromatic carbocycles. The van der Waals surface area contributed by atoms with E-state index < -0.39 is 42.4 Å². The van der Waals surface area contributed by atoms with Crippen molar-refractivity contribution in [1.29, 1.82) is 0 Å². The molecule has 14 heteroatoms. The Morgan fingerprint density at radius 3 is 2.09 bits per heavy atom. The van der Waals surface area contributed by atoms with Crippen molar-refractivity contribution in [2.45, 2.75) is 12.8 Å². The van der Waals surface area contributed by atoms with Crippen LogP contribution >= 0.6 is 0 Å². The summed E-state index contributed by atoms with van der Waals surface area (Å²) >= 11 is 0. The molecule has 0 fully saturated rings. The first-order valence-electron chi connectivity index (χ1n) is 9.05. The van der Waals surface area contributed by atoms with Gasteiger partial charge < -0.3 is 5.32 Å². The van der Waals surface area contributed by atoms with Gasteiger partial charge in [0.25, 0.3) is 17.1 Å². The molecular formula is C18H12N6O8. The van der Waals surface area contributed by atoms with E-state index >= 15 is 0 Å². The summed E-state index contributed by atoms with van der Waals surface area (Å²) in [6, 6.07) is 4.82. The summed E-state index contributed by atoms with van der Waals surface area (Å²) in [5, 5.41) is 49.0. The maximum absolute atomic E-state index is 11.8. The molecular weight excluding hydrogens is 428 g/mol. The lowest BCUT2D eigenvalue weighted by molar-refractivity contribution is -0.393. The monoisotopic (exact) mass is 440 g/mol. The molecule has 0 radical (unpaired) electrons. The van der Waals surface area contributed by atoms with Crippen molar-refractivity contribution < 1.29 is 19.7 Å². The van der Waals surface area contributed by atoms with Crippen LogP contribution in [-0.2, 0) is 0 Å². The molecule has 0 bridgehead atoms. The second-order valence-electron chi connectivity index (χ2n) is 6.83. The summed E-state index contributed by atoms with van der Waals surface area (Å²) < 4.78 is 0. The molecule has 1 aliphatic heterocycles. The van der Waals surface area contributed by atoms with E-state index in [0.29, 0.717) is 24.2 Å². The van der Waals surface area contributed by atoms with Crippen LogP contribution in [0.3, 0.4) is 0 Å². The van der Waals surface area contributed by atoms with Gasteiger partial charge in [0.1, 0.15) is 11.4 Å². The van der Waals surface area contributed by atoms with E-state index in [2.05, 4.69) is 5.32 Å². The SMILES string of the molecule is O=[N+]([O-])c1ccc(N2C3=C(CCC=C3)Nc3cc([N+](=O)[O-])cc([N+](=O)[O-])c32)c([N+](=O)[O-])c1. The van der Waals surface area contributed by atoms with Crippen LogP contribution in [0.5, 0.6) is 0 Å². The summed E-state index contributed by atoms with van der Waals surface area (Å²) in [6.07, 6.45) is 4.44. The lowest BCUT2D eigenvalue weighted by Gasteiger charge is -2.35. The lowest BCUT2D eigenvalue weighted by Crippen LogP contribution is -2.27. The predicted molar refractivity (Wildman–Crippen MR) is 111 cm³/mol. The van der Waals surface area contributed by atoms with Crippen molar-refractivity contribution in [3.8, 4) is 0 Å². The van der Waals surface area contributed by atoms with Crippen LogP contribution in [0.25, 0.3) is 0 Å². The van der Waals surface area contributed by atoms with Gasteiger partial charge in [-0.25, -0.2) is 0 Å². The van der Waals surface area contributed by atoms with Crippen molar-refractivity contribution in [1.82, 2.24) is 0 Å². The number of hydrogen-bond donors (Lipinski definition) is 1. The zero-order valence-electron chi connectivity index (χ0n) is 16.0. The third-order valence-corrected chi connectivity index (χ3v) is 4.99. The van der Waals surface area contributed by atoms with Crippen molar-refractivity contribution in [3.05, 3.63) is 94.3 Å². The molecule has 0 saturated heterocycles. The molecule has 0 amide bonds. The maximum Gasteiger partial charge on any atom is 0.302 e. The molecule has 0 saturated carbocycles. The highest BCUT2D eigenvalue weighted by molar-refractivity contribution is 5.94. The number of nitro benzene ring substituents is 4. The number of nitrogens with zero attached hydrogens (tertiary/aromatic N) is 5. The standard InChI is InChI=1S/C18H12N6O8/c25-21(26)10-5-6-15(16(8-10)23(29)30)20-14-4-2-1-3-12(14)19-13-7-11(22(27)28)9-17(18(13)20)24(31)32/h2,4-9,19H,1,3H2. The largest absolute Gasteiger partial charge is 0.355 e. The van der Waals surface area contributed by atoms with E-state index in [1.165, 1.54) is 4.90 Å². The van der Waals surface area contributed by atoms with Crippen LogP contribution in [0, 0.1) is 40.5 Å². The van der Waals surface area contributed by atoms with Gasteiger partial charge in [0, 0.05) is 17.8 Å². The fourth-order valence-corrected chi connectivity index (χ4v) is 3.66. The zero-order chi connectivity index (χ0) is 23.2. The number of allylic oxidation sites excluding steroid dienone is 3. The van der Waals surface area contributed by atoms with Gasteiger partial charge in [0.05, 0.1) is 43.2 Å². The summed E-state index contributed by atoms with van der Waals surface area (Å²) in [7, 11) is 0. The Kier molecular flexibility index (Phi) is 4.73. The maximum atomic E-state index is 11.8. The first-order valence-corrected chi connectivity index (χ1v) is 9.05. The van der Waals surface area contributed by atoms with Gasteiger partial charge in [-0.3, -0.25) is 45.4 Å². The normalized spacial score (nSPS) is 14.3. The molecule has 162 valence electrons. The molecule has 2 aliphatic rings. The summed E-state index contributed by atoms with van der Waals surface area (Å²) in [5.41, 5.74) is -1.74. The molecule has 4 rings (SSSR count). The number of anilines is 3. The van der Waals surface area contributed by atoms with Gasteiger partial charge in [-0.15, -0.1) is 0 Å². The Morgan fingerprint density at radius 1 is 0.812 bits per heavy atom. The average molecular weight is 440 g/mol. The highest BCUT2D eigenvalue weighted by Gasteiger charge is 2.38. The van der Waals surface area contributed by atoms with E-state index in [-0.39, 0.29) is 17.1 Å². The molecule has 1 N–H and O–H groups in total. The average Bonchev–Trinajstić information content (AvgIpc) is 2.75. The molecule has 0 spiro atoms. The van der Waals surface area contributed by atoms with E-state index in [1.54, 1.807) is 12.2 Å². The molecule has 0 atom stereocenters. The van der Waals surface area contributed by atoms with Gasteiger partial charge in [0.2, 0.25) is 0 Å². The third kappa shape index (κ3) is 3.24. The Balaban J connectivity index is 2.06. The van der Waals surface area contributed by atoms with Crippen LogP contribution in [0.4, 0.5) is 39.8 Å². The predicted octanol–water partition coefficient (Wildman–Crippen LogP) is 4.44. The number of hydrogen-bond acceptors (Lipinski definition) is 10. The van der Waals surface area contributed by atoms with Gasteiger partial charge >= 0.3 is 5.69 Å². The van der Waals surface area contributed by atoms with Gasteiger partial charge in [0.15, 0.2) is 0 Å². The molecule has 0 unspecified atom stereocenters.